The molecule has 1 aromatic carbocycles. The minimum Gasteiger partial charge on any atom is -0.375 e. The van der Waals surface area contributed by atoms with Crippen LogP contribution in [-0.4, -0.2) is 31.7 Å². The van der Waals surface area contributed by atoms with Crippen molar-refractivity contribution in [2.75, 3.05) is 19.8 Å². The molecule has 0 saturated heterocycles. The van der Waals surface area contributed by atoms with Gasteiger partial charge in [0.2, 0.25) is 5.91 Å². The average molecular weight is 262 g/mol. The van der Waals surface area contributed by atoms with E-state index in [1.54, 1.807) is 0 Å². The predicted octanol–water partition coefficient (Wildman–Crippen LogP) is 1.27. The van der Waals surface area contributed by atoms with Crippen molar-refractivity contribution in [1.29, 1.82) is 0 Å². The van der Waals surface area contributed by atoms with Gasteiger partial charge in [-0.15, -0.1) is 0 Å². The molecular weight excluding hydrogens is 240 g/mol. The third-order valence-corrected chi connectivity index (χ3v) is 2.53. The van der Waals surface area contributed by atoms with Gasteiger partial charge in [0, 0.05) is 6.54 Å². The highest BCUT2D eigenvalue weighted by atomic mass is 16.5. The van der Waals surface area contributed by atoms with Crippen molar-refractivity contribution in [2.45, 2.75) is 19.4 Å². The molecule has 0 fully saturated rings. The van der Waals surface area contributed by atoms with Gasteiger partial charge >= 0.3 is 0 Å². The molecule has 1 amide bonds. The van der Waals surface area contributed by atoms with Gasteiger partial charge in [-0.1, -0.05) is 42.5 Å². The molecule has 1 aromatic rings. The number of benzene rings is 1. The number of rotatable bonds is 8. The summed E-state index contributed by atoms with van der Waals surface area (Å²) in [6.07, 6.45) is 0.541. The largest absolute Gasteiger partial charge is 0.375 e. The average Bonchev–Trinajstić information content (AvgIpc) is 2.38. The first kappa shape index (κ1) is 15.4. The molecule has 0 bridgehead atoms. The normalized spacial score (nSPS) is 11.9. The Morgan fingerprint density at radius 3 is 2.74 bits per heavy atom. The van der Waals surface area contributed by atoms with Crippen LogP contribution in [0.15, 0.2) is 42.5 Å². The smallest absolute Gasteiger partial charge is 0.237 e. The first-order chi connectivity index (χ1) is 9.09. The van der Waals surface area contributed by atoms with E-state index in [2.05, 4.69) is 11.9 Å². The lowest BCUT2D eigenvalue weighted by atomic mass is 10.1. The highest BCUT2D eigenvalue weighted by molar-refractivity contribution is 5.81. The van der Waals surface area contributed by atoms with Crippen molar-refractivity contribution in [3.63, 3.8) is 0 Å². The molecule has 0 radical (unpaired) electrons. The second kappa shape index (κ2) is 8.45. The topological polar surface area (TPSA) is 64.3 Å². The van der Waals surface area contributed by atoms with Crippen LogP contribution in [0, 0.1) is 0 Å². The van der Waals surface area contributed by atoms with Gasteiger partial charge in [0.25, 0.3) is 0 Å². The van der Waals surface area contributed by atoms with Gasteiger partial charge in [-0.25, -0.2) is 0 Å². The standard InChI is InChI=1S/C15H22N2O2/c1-12(2)11-19-9-8-17-15(18)14(16)10-13-6-4-3-5-7-13/h3-7,14H,1,8-11,16H2,2H3,(H,17,18). The lowest BCUT2D eigenvalue weighted by molar-refractivity contribution is -0.122. The maximum atomic E-state index is 11.7. The Hall–Kier alpha value is -1.65. The van der Waals surface area contributed by atoms with Crippen LogP contribution in [0.25, 0.3) is 0 Å². The number of hydrogen-bond acceptors (Lipinski definition) is 3. The Balaban J connectivity index is 2.20. The summed E-state index contributed by atoms with van der Waals surface area (Å²) in [4.78, 5) is 11.7. The Kier molecular flexibility index (Phi) is 6.85. The second-order valence-electron chi connectivity index (χ2n) is 4.60. The van der Waals surface area contributed by atoms with Crippen LogP contribution >= 0.6 is 0 Å². The molecule has 3 N–H and O–H groups in total. The summed E-state index contributed by atoms with van der Waals surface area (Å²) in [5.41, 5.74) is 7.87. The molecule has 0 heterocycles. The van der Waals surface area contributed by atoms with Gasteiger partial charge in [0.05, 0.1) is 19.3 Å². The van der Waals surface area contributed by atoms with Gasteiger partial charge in [-0.3, -0.25) is 4.79 Å². The van der Waals surface area contributed by atoms with Crippen molar-refractivity contribution in [2.24, 2.45) is 5.73 Å². The molecule has 0 aliphatic carbocycles. The van der Waals surface area contributed by atoms with Crippen molar-refractivity contribution >= 4 is 5.91 Å². The van der Waals surface area contributed by atoms with E-state index in [-0.39, 0.29) is 5.91 Å². The first-order valence-corrected chi connectivity index (χ1v) is 6.39. The van der Waals surface area contributed by atoms with Crippen LogP contribution in [0.4, 0.5) is 0 Å². The summed E-state index contributed by atoms with van der Waals surface area (Å²) in [7, 11) is 0. The van der Waals surface area contributed by atoms with Crippen LogP contribution < -0.4 is 11.1 Å². The SMILES string of the molecule is C=C(C)COCCNC(=O)C(N)Cc1ccccc1. The van der Waals surface area contributed by atoms with Gasteiger partial charge in [-0.05, 0) is 18.9 Å². The van der Waals surface area contributed by atoms with E-state index in [4.69, 9.17) is 10.5 Å². The lowest BCUT2D eigenvalue weighted by Gasteiger charge is -2.12. The molecule has 4 nitrogen and oxygen atoms in total. The highest BCUT2D eigenvalue weighted by Crippen LogP contribution is 2.01. The lowest BCUT2D eigenvalue weighted by Crippen LogP contribution is -2.43. The molecule has 0 spiro atoms. The van der Waals surface area contributed by atoms with Crippen LogP contribution in [0.5, 0.6) is 0 Å². The Labute approximate surface area is 114 Å². The summed E-state index contributed by atoms with van der Waals surface area (Å²) in [6.45, 7) is 7.08. The fraction of sp³-hybridized carbons (Fsp3) is 0.400. The number of hydrogen-bond donors (Lipinski definition) is 2. The van der Waals surface area contributed by atoms with E-state index in [0.29, 0.717) is 26.2 Å². The molecule has 19 heavy (non-hydrogen) atoms. The third-order valence-electron chi connectivity index (χ3n) is 2.53. The molecule has 0 aliphatic heterocycles. The van der Waals surface area contributed by atoms with Gasteiger partial charge < -0.3 is 15.8 Å². The predicted molar refractivity (Wildman–Crippen MR) is 76.8 cm³/mol. The third kappa shape index (κ3) is 6.74. The van der Waals surface area contributed by atoms with Crippen LogP contribution in [0.3, 0.4) is 0 Å². The zero-order valence-electron chi connectivity index (χ0n) is 11.4. The quantitative estimate of drug-likeness (QED) is 0.547. The molecule has 0 aliphatic rings. The molecule has 1 unspecified atom stereocenters. The number of carbonyl (C=O) groups is 1. The van der Waals surface area contributed by atoms with Crippen molar-refractivity contribution in [3.05, 3.63) is 48.0 Å². The maximum Gasteiger partial charge on any atom is 0.237 e. The van der Waals surface area contributed by atoms with Crippen LogP contribution in [0.2, 0.25) is 0 Å². The minimum atomic E-state index is -0.524. The molecule has 1 rings (SSSR count). The van der Waals surface area contributed by atoms with E-state index >= 15 is 0 Å². The number of ether oxygens (including phenoxy) is 1. The maximum absolute atomic E-state index is 11.7. The van der Waals surface area contributed by atoms with E-state index in [1.165, 1.54) is 0 Å². The number of amides is 1. The summed E-state index contributed by atoms with van der Waals surface area (Å²) >= 11 is 0. The first-order valence-electron chi connectivity index (χ1n) is 6.39. The second-order valence-corrected chi connectivity index (χ2v) is 4.60. The minimum absolute atomic E-state index is 0.150. The van der Waals surface area contributed by atoms with Gasteiger partial charge in [0.1, 0.15) is 0 Å². The van der Waals surface area contributed by atoms with Crippen molar-refractivity contribution in [1.82, 2.24) is 5.32 Å². The van der Waals surface area contributed by atoms with Crippen molar-refractivity contribution < 1.29 is 9.53 Å². The van der Waals surface area contributed by atoms with E-state index in [1.807, 2.05) is 37.3 Å². The van der Waals surface area contributed by atoms with Crippen molar-refractivity contribution in [3.8, 4) is 0 Å². The Morgan fingerprint density at radius 2 is 2.11 bits per heavy atom. The molecule has 0 aromatic heterocycles. The Bertz CT molecular complexity index is 404. The summed E-state index contributed by atoms with van der Waals surface area (Å²) in [5.74, 6) is -0.150. The van der Waals surface area contributed by atoms with Gasteiger partial charge in [0.15, 0.2) is 0 Å². The van der Waals surface area contributed by atoms with Gasteiger partial charge in [-0.2, -0.15) is 0 Å². The zero-order valence-corrected chi connectivity index (χ0v) is 11.4. The van der Waals surface area contributed by atoms with E-state index in [0.717, 1.165) is 11.1 Å². The highest BCUT2D eigenvalue weighted by Gasteiger charge is 2.12. The van der Waals surface area contributed by atoms with E-state index in [9.17, 15) is 4.79 Å². The fourth-order valence-electron chi connectivity index (χ4n) is 1.58. The monoisotopic (exact) mass is 262 g/mol. The Morgan fingerprint density at radius 1 is 1.42 bits per heavy atom. The zero-order chi connectivity index (χ0) is 14.1. The number of nitrogens with two attached hydrogens (primary N) is 1. The molecule has 4 heteroatoms. The molecular formula is C15H22N2O2. The fourth-order valence-corrected chi connectivity index (χ4v) is 1.58. The molecule has 0 saturated carbocycles. The molecule has 1 atom stereocenters. The van der Waals surface area contributed by atoms with Crippen LogP contribution in [-0.2, 0) is 16.0 Å². The van der Waals surface area contributed by atoms with E-state index < -0.39 is 6.04 Å². The number of nitrogens with one attached hydrogen (secondary N) is 1. The summed E-state index contributed by atoms with van der Waals surface area (Å²) in [5, 5.41) is 2.76. The number of carbonyl (C=O) groups excluding carboxylic acids is 1. The van der Waals surface area contributed by atoms with Crippen LogP contribution in [0.1, 0.15) is 12.5 Å². The summed E-state index contributed by atoms with van der Waals surface area (Å²) < 4.78 is 5.29. The summed E-state index contributed by atoms with van der Waals surface area (Å²) in [6, 6.07) is 9.21. The molecule has 104 valence electrons.